The van der Waals surface area contributed by atoms with E-state index < -0.39 is 43.6 Å². The van der Waals surface area contributed by atoms with E-state index in [0.717, 1.165) is 49.6 Å². The lowest BCUT2D eigenvalue weighted by Crippen LogP contribution is -2.62. The molecule has 3 aromatic carbocycles. The van der Waals surface area contributed by atoms with Gasteiger partial charge in [-0.25, -0.2) is 13.1 Å². The number of hydrogen-bond donors (Lipinski definition) is 3. The molecule has 75 heavy (non-hydrogen) atoms. The molecule has 1 amide bonds. The number of pyridine rings is 1. The summed E-state index contributed by atoms with van der Waals surface area (Å²) in [5.41, 5.74) is 5.49. The van der Waals surface area contributed by atoms with Gasteiger partial charge in [0.1, 0.15) is 24.0 Å². The van der Waals surface area contributed by atoms with Crippen molar-refractivity contribution in [1.82, 2.24) is 24.5 Å². The van der Waals surface area contributed by atoms with Crippen molar-refractivity contribution in [3.63, 3.8) is 0 Å². The highest BCUT2D eigenvalue weighted by molar-refractivity contribution is 7.90. The lowest BCUT2D eigenvalue weighted by Gasteiger charge is -2.56. The van der Waals surface area contributed by atoms with Crippen molar-refractivity contribution in [3.05, 3.63) is 99.7 Å². The standard InChI is InChI=1S/C55H65N9O10S/c1-32(2)39-7-4-5-8-40(39)43-9-6-16-61(43)36-23-55(24-36)13-17-60(18-14-55)35-10-11-41(44(20-35)63-46-19-34-12-15-56-52(34)58-54(46)74-50-31-71-30-47(50)63)53(65)59-75(68,69)38-21-45(64(66)67)51-48(22-38)73-29-42(57-51)49-25-62(33(3)26-72-49)37-27-70-28-37/h4-5,7-8,10-12,15,19-22,32-33,36-37,42-43,47,49-50,57H,6,9,13-14,16-18,23-31H2,1-3H3,(H,56,58)(H,59,65)/t33-,42+,43+,47-,49?,50-/m1/s1. The second-order valence-electron chi connectivity index (χ2n) is 22.5. The highest BCUT2D eigenvalue weighted by Gasteiger charge is 2.51. The Morgan fingerprint density at radius 2 is 1.72 bits per heavy atom. The first-order valence-corrected chi connectivity index (χ1v) is 28.3. The number of rotatable bonds is 11. The Morgan fingerprint density at radius 1 is 0.907 bits per heavy atom. The number of carbonyl (C=O) groups excluding carboxylic acids is 1. The number of amides is 1. The summed E-state index contributed by atoms with van der Waals surface area (Å²) in [5, 5.41) is 16.8. The molecule has 0 bridgehead atoms. The maximum Gasteiger partial charge on any atom is 0.297 e. The molecule has 19 nitrogen and oxygen atoms in total. The number of fused-ring (bicyclic) bond motifs is 4. The number of nitrogens with one attached hydrogen (secondary N) is 3. The van der Waals surface area contributed by atoms with E-state index in [1.165, 1.54) is 42.9 Å². The van der Waals surface area contributed by atoms with E-state index in [2.05, 4.69) is 74.8 Å². The molecule has 0 radical (unpaired) electrons. The smallest absolute Gasteiger partial charge is 0.297 e. The SMILES string of the molecule is CC(C)c1ccccc1[C@@H]1CCCN1C1CC2(CCN(c3ccc(C(=O)NS(=O)(=O)c4cc5c(c([N+](=O)[O-])c4)N[C@H](C4CN(C6COC6)[C@H](C)CO4)CO5)c(N4c5cc6cc[nH]c6nc5O[C@@H]5COC[C@H]54)c3)CC2)C1. The first-order valence-electron chi connectivity index (χ1n) is 26.8. The predicted octanol–water partition coefficient (Wildman–Crippen LogP) is 7.26. The van der Waals surface area contributed by atoms with Gasteiger partial charge in [-0.1, -0.05) is 38.1 Å². The number of benzene rings is 3. The topological polar surface area (TPSA) is 206 Å². The molecular weight excluding hydrogens is 979 g/mol. The van der Waals surface area contributed by atoms with Crippen molar-refractivity contribution in [2.45, 2.75) is 119 Å². The molecule has 6 fully saturated rings. The summed E-state index contributed by atoms with van der Waals surface area (Å²) >= 11 is 0. The maximum atomic E-state index is 14.8. The van der Waals surface area contributed by atoms with E-state index in [4.69, 9.17) is 28.7 Å². The number of nitro benzene ring substituents is 1. The van der Waals surface area contributed by atoms with Gasteiger partial charge in [-0.05, 0) is 105 Å². The zero-order valence-corrected chi connectivity index (χ0v) is 43.4. The van der Waals surface area contributed by atoms with Crippen LogP contribution in [-0.4, -0.2) is 147 Å². The molecule has 1 spiro atoms. The van der Waals surface area contributed by atoms with Crippen LogP contribution in [0.15, 0.2) is 77.8 Å². The van der Waals surface area contributed by atoms with Crippen molar-refractivity contribution in [3.8, 4) is 11.6 Å². The van der Waals surface area contributed by atoms with Gasteiger partial charge in [0.15, 0.2) is 11.4 Å². The van der Waals surface area contributed by atoms with Gasteiger partial charge in [-0.3, -0.25) is 24.7 Å². The number of hydrogen-bond acceptors (Lipinski definition) is 16. The molecule has 1 aliphatic carbocycles. The van der Waals surface area contributed by atoms with Crippen LogP contribution in [0.1, 0.15) is 92.7 Å². The number of H-pyrrole nitrogens is 1. The third kappa shape index (κ3) is 8.65. The monoisotopic (exact) mass is 1040 g/mol. The van der Waals surface area contributed by atoms with Crippen molar-refractivity contribution < 1.29 is 41.8 Å². The van der Waals surface area contributed by atoms with Crippen molar-refractivity contribution in [1.29, 1.82) is 0 Å². The predicted molar refractivity (Wildman–Crippen MR) is 281 cm³/mol. The van der Waals surface area contributed by atoms with E-state index in [1.807, 2.05) is 29.2 Å². The Morgan fingerprint density at radius 3 is 2.51 bits per heavy atom. The number of nitro groups is 1. The summed E-state index contributed by atoms with van der Waals surface area (Å²) in [4.78, 5) is 43.9. The number of aromatic amines is 1. The van der Waals surface area contributed by atoms with Crippen LogP contribution < -0.4 is 29.3 Å². The Kier molecular flexibility index (Phi) is 12.3. The summed E-state index contributed by atoms with van der Waals surface area (Å²) in [5.74, 6) is -0.0766. The minimum absolute atomic E-state index is 0.0131. The molecular formula is C55H65N9O10S. The second-order valence-corrected chi connectivity index (χ2v) is 24.1. The van der Waals surface area contributed by atoms with Crippen LogP contribution >= 0.6 is 0 Å². The second kappa shape index (κ2) is 18.9. The molecule has 5 aromatic rings. The average molecular weight is 1040 g/mol. The Labute approximate surface area is 436 Å². The zero-order valence-electron chi connectivity index (χ0n) is 42.6. The number of carbonyl (C=O) groups is 1. The molecule has 20 heteroatoms. The molecule has 6 atom stereocenters. The van der Waals surface area contributed by atoms with E-state index in [-0.39, 0.29) is 53.3 Å². The fourth-order valence-corrected chi connectivity index (χ4v) is 14.5. The van der Waals surface area contributed by atoms with Crippen molar-refractivity contribution in [2.75, 3.05) is 80.9 Å². The quantitative estimate of drug-likeness (QED) is 0.0879. The minimum atomic E-state index is -4.73. The van der Waals surface area contributed by atoms with Crippen LogP contribution in [0, 0.1) is 15.5 Å². The van der Waals surface area contributed by atoms with Crippen LogP contribution in [0.25, 0.3) is 11.0 Å². The number of anilines is 4. The van der Waals surface area contributed by atoms with E-state index >= 15 is 0 Å². The summed E-state index contributed by atoms with van der Waals surface area (Å²) in [6, 6.07) is 21.3. The third-order valence-corrected chi connectivity index (χ3v) is 19.0. The van der Waals surface area contributed by atoms with Crippen molar-refractivity contribution in [2.24, 2.45) is 5.41 Å². The Balaban J connectivity index is 0.774. The van der Waals surface area contributed by atoms with Crippen LogP contribution in [-0.2, 0) is 24.2 Å². The zero-order chi connectivity index (χ0) is 51.3. The highest BCUT2D eigenvalue weighted by Crippen LogP contribution is 2.55. The normalized spacial score (nSPS) is 26.9. The van der Waals surface area contributed by atoms with Crippen LogP contribution in [0.2, 0.25) is 0 Å². The molecule has 13 rings (SSSR count). The third-order valence-electron chi connectivity index (χ3n) is 17.7. The number of nitrogens with zero attached hydrogens (tertiary/aromatic N) is 6. The Hall–Kier alpha value is -6.03. The molecule has 9 heterocycles. The van der Waals surface area contributed by atoms with E-state index in [1.54, 1.807) is 12.3 Å². The van der Waals surface area contributed by atoms with Gasteiger partial charge < -0.3 is 43.8 Å². The molecule has 3 N–H and O–H groups in total. The molecule has 1 unspecified atom stereocenters. The molecule has 5 saturated heterocycles. The largest absolute Gasteiger partial charge is 0.489 e. The van der Waals surface area contributed by atoms with Gasteiger partial charge in [0.25, 0.3) is 21.6 Å². The first kappa shape index (κ1) is 48.6. The van der Waals surface area contributed by atoms with Gasteiger partial charge in [-0.15, -0.1) is 0 Å². The number of morpholine rings is 1. The highest BCUT2D eigenvalue weighted by atomic mass is 32.2. The van der Waals surface area contributed by atoms with Crippen molar-refractivity contribution >= 4 is 55.4 Å². The van der Waals surface area contributed by atoms with Crippen LogP contribution in [0.4, 0.5) is 28.4 Å². The van der Waals surface area contributed by atoms with Crippen LogP contribution in [0.5, 0.6) is 11.6 Å². The van der Waals surface area contributed by atoms with Gasteiger partial charge in [0.2, 0.25) is 5.88 Å². The molecule has 1 saturated carbocycles. The fourth-order valence-electron chi connectivity index (χ4n) is 13.5. The lowest BCUT2D eigenvalue weighted by atomic mass is 9.59. The molecule has 396 valence electrons. The fraction of sp³-hybridized carbons (Fsp3) is 0.527. The number of sulfonamides is 1. The molecule has 7 aliphatic heterocycles. The average Bonchev–Trinajstić information content (AvgIpc) is 4.18. The number of aromatic nitrogens is 2. The summed E-state index contributed by atoms with van der Waals surface area (Å²) in [6.07, 6.45) is 7.93. The summed E-state index contributed by atoms with van der Waals surface area (Å²) < 4.78 is 61.4. The van der Waals surface area contributed by atoms with Gasteiger partial charge in [0.05, 0.1) is 78.3 Å². The number of piperidine rings is 1. The summed E-state index contributed by atoms with van der Waals surface area (Å²) in [6.45, 7) is 12.5. The van der Waals surface area contributed by atoms with Gasteiger partial charge in [-0.2, -0.15) is 4.98 Å². The lowest BCUT2D eigenvalue weighted by molar-refractivity contribution is -0.384. The minimum Gasteiger partial charge on any atom is -0.489 e. The Bertz CT molecular complexity index is 3150. The number of ether oxygens (including phenoxy) is 5. The first-order chi connectivity index (χ1) is 36.3. The molecule has 8 aliphatic rings. The van der Waals surface area contributed by atoms with Gasteiger partial charge >= 0.3 is 0 Å². The summed E-state index contributed by atoms with van der Waals surface area (Å²) in [7, 11) is -4.73. The van der Waals surface area contributed by atoms with E-state index in [0.29, 0.717) is 80.5 Å². The molecule has 2 aromatic heterocycles. The van der Waals surface area contributed by atoms with Gasteiger partial charge in [0, 0.05) is 67.2 Å². The van der Waals surface area contributed by atoms with Crippen LogP contribution in [0.3, 0.4) is 0 Å². The van der Waals surface area contributed by atoms with E-state index in [9.17, 15) is 23.3 Å². The maximum absolute atomic E-state index is 14.8. The number of likely N-dealkylation sites (tertiary alicyclic amines) is 1.